The molecule has 0 aliphatic heterocycles. The number of hydrogen-bond donors (Lipinski definition) is 0. The molecule has 0 amide bonds. The Morgan fingerprint density at radius 2 is 1.71 bits per heavy atom. The Bertz CT molecular complexity index is 301. The van der Waals surface area contributed by atoms with Crippen LogP contribution in [0.15, 0.2) is 18.2 Å². The van der Waals surface area contributed by atoms with Crippen molar-refractivity contribution >= 4 is 34.7 Å². The molecule has 0 fully saturated rings. The Morgan fingerprint density at radius 1 is 1.21 bits per heavy atom. The van der Waals surface area contributed by atoms with Gasteiger partial charge in [0.25, 0.3) is 0 Å². The number of benzene rings is 1. The molecule has 0 saturated carbocycles. The van der Waals surface area contributed by atoms with Gasteiger partial charge in [-0.05, 0) is 5.56 Å². The summed E-state index contributed by atoms with van der Waals surface area (Å²) in [5, 5.41) is 0.239. The van der Waals surface area contributed by atoms with Crippen LogP contribution in [0.3, 0.4) is 0 Å². The van der Waals surface area contributed by atoms with E-state index in [1.165, 1.54) is 6.07 Å². The topological polar surface area (TPSA) is 0 Å². The molecule has 1 aromatic rings. The summed E-state index contributed by atoms with van der Waals surface area (Å²) in [6, 6.07) is 3.03. The van der Waals surface area contributed by atoms with Crippen LogP contribution in [-0.2, 0) is 6.18 Å². The van der Waals surface area contributed by atoms with Crippen LogP contribution in [0.5, 0.6) is 0 Å². The maximum atomic E-state index is 12.0. The first-order chi connectivity index (χ1) is 5.41. The molecule has 14 heavy (non-hydrogen) atoms. The molecule has 0 spiro atoms. The van der Waals surface area contributed by atoms with E-state index in [0.717, 1.165) is 12.1 Å². The fourth-order valence-corrected chi connectivity index (χ4v) is 0.869. The third-order valence-electron chi connectivity index (χ3n) is 1.37. The molecule has 0 N–H and O–H groups in total. The molecule has 0 bridgehead atoms. The zero-order chi connectivity index (χ0) is 9.35. The molecule has 0 atom stereocenters. The molecule has 1 aromatic carbocycles. The average molecular weight is 298 g/mol. The Hall–Kier alpha value is 0.416. The van der Waals surface area contributed by atoms with Crippen molar-refractivity contribution in [2.24, 2.45) is 0 Å². The van der Waals surface area contributed by atoms with Crippen LogP contribution in [0.4, 0.5) is 13.2 Å². The minimum atomic E-state index is -4.32. The third kappa shape index (κ3) is 4.29. The quantitative estimate of drug-likeness (QED) is 0.473. The van der Waals surface area contributed by atoms with E-state index in [0.29, 0.717) is 0 Å². The summed E-state index contributed by atoms with van der Waals surface area (Å²) in [7, 11) is 0. The first kappa shape index (κ1) is 16.8. The number of halogens is 5. The molecular weight excluding hydrogens is 293 g/mol. The SMILES string of the molecule is [Br-].[CH2-]c1cc(C(F)(F)F)ccc1Cl.[Mg+2]. The second-order valence-electron chi connectivity index (χ2n) is 2.30. The predicted octanol–water partition coefficient (Wildman–Crippen LogP) is 0.164. The molecule has 74 valence electrons. The second-order valence-corrected chi connectivity index (χ2v) is 2.71. The predicted molar refractivity (Wildman–Crippen MR) is 46.7 cm³/mol. The summed E-state index contributed by atoms with van der Waals surface area (Å²) in [5.74, 6) is 0. The Morgan fingerprint density at radius 3 is 2.07 bits per heavy atom. The molecule has 0 aliphatic carbocycles. The van der Waals surface area contributed by atoms with Crippen molar-refractivity contribution in [1.82, 2.24) is 0 Å². The maximum absolute atomic E-state index is 12.0. The van der Waals surface area contributed by atoms with Crippen LogP contribution in [0, 0.1) is 6.92 Å². The van der Waals surface area contributed by atoms with Crippen LogP contribution >= 0.6 is 11.6 Å². The van der Waals surface area contributed by atoms with Crippen LogP contribution in [0.1, 0.15) is 11.1 Å². The summed E-state index contributed by atoms with van der Waals surface area (Å²) in [6.07, 6.45) is -4.32. The first-order valence-corrected chi connectivity index (χ1v) is 3.48. The van der Waals surface area contributed by atoms with E-state index < -0.39 is 11.7 Å². The third-order valence-corrected chi connectivity index (χ3v) is 1.74. The minimum Gasteiger partial charge on any atom is -1.00 e. The summed E-state index contributed by atoms with van der Waals surface area (Å²) in [6.45, 7) is 3.36. The number of hydrogen-bond acceptors (Lipinski definition) is 0. The van der Waals surface area contributed by atoms with Crippen molar-refractivity contribution in [3.05, 3.63) is 41.3 Å². The van der Waals surface area contributed by atoms with Crippen molar-refractivity contribution in [2.45, 2.75) is 6.18 Å². The van der Waals surface area contributed by atoms with Crippen molar-refractivity contribution in [2.75, 3.05) is 0 Å². The van der Waals surface area contributed by atoms with Crippen LogP contribution < -0.4 is 17.0 Å². The average Bonchev–Trinajstić information content (AvgIpc) is 1.92. The molecule has 0 aliphatic rings. The molecule has 0 aromatic heterocycles. The van der Waals surface area contributed by atoms with Crippen LogP contribution in [-0.4, -0.2) is 23.1 Å². The van der Waals surface area contributed by atoms with Gasteiger partial charge < -0.3 is 17.0 Å². The monoisotopic (exact) mass is 296 g/mol. The van der Waals surface area contributed by atoms with E-state index in [-0.39, 0.29) is 50.6 Å². The van der Waals surface area contributed by atoms with E-state index in [2.05, 4.69) is 6.92 Å². The van der Waals surface area contributed by atoms with E-state index in [1.54, 1.807) is 0 Å². The Kier molecular flexibility index (Phi) is 7.33. The summed E-state index contributed by atoms with van der Waals surface area (Å²) in [5.41, 5.74) is -0.539. The number of rotatable bonds is 0. The van der Waals surface area contributed by atoms with Gasteiger partial charge >= 0.3 is 29.2 Å². The zero-order valence-electron chi connectivity index (χ0n) is 7.04. The zero-order valence-corrected chi connectivity index (χ0v) is 10.8. The summed E-state index contributed by atoms with van der Waals surface area (Å²) >= 11 is 5.50. The molecular formula is C8H5BrClF3Mg. The van der Waals surface area contributed by atoms with Gasteiger partial charge in [0.15, 0.2) is 0 Å². The minimum absolute atomic E-state index is 0. The van der Waals surface area contributed by atoms with E-state index in [4.69, 9.17) is 11.6 Å². The largest absolute Gasteiger partial charge is 2.00 e. The maximum Gasteiger partial charge on any atom is 2.00 e. The van der Waals surface area contributed by atoms with Gasteiger partial charge in [-0.25, -0.2) is 0 Å². The van der Waals surface area contributed by atoms with Crippen molar-refractivity contribution in [3.63, 3.8) is 0 Å². The molecule has 1 rings (SSSR count). The van der Waals surface area contributed by atoms with Crippen LogP contribution in [0.25, 0.3) is 0 Å². The Labute approximate surface area is 112 Å². The van der Waals surface area contributed by atoms with Crippen LogP contribution in [0.2, 0.25) is 5.02 Å². The number of alkyl halides is 3. The van der Waals surface area contributed by atoms with Crippen molar-refractivity contribution < 1.29 is 30.2 Å². The van der Waals surface area contributed by atoms with Gasteiger partial charge in [0.1, 0.15) is 0 Å². The molecule has 6 heteroatoms. The fraction of sp³-hybridized carbons (Fsp3) is 0.125. The molecule has 0 saturated heterocycles. The first-order valence-electron chi connectivity index (χ1n) is 3.10. The molecule has 0 nitrogen and oxygen atoms in total. The van der Waals surface area contributed by atoms with Gasteiger partial charge in [-0.2, -0.15) is 37.3 Å². The van der Waals surface area contributed by atoms with Gasteiger partial charge in [0.05, 0.1) is 0 Å². The summed E-state index contributed by atoms with van der Waals surface area (Å²) in [4.78, 5) is 0. The normalized spacial score (nSPS) is 10.0. The van der Waals surface area contributed by atoms with E-state index in [1.807, 2.05) is 0 Å². The van der Waals surface area contributed by atoms with Gasteiger partial charge in [0, 0.05) is 0 Å². The van der Waals surface area contributed by atoms with Crippen molar-refractivity contribution in [1.29, 1.82) is 0 Å². The van der Waals surface area contributed by atoms with Gasteiger partial charge in [-0.3, -0.25) is 0 Å². The van der Waals surface area contributed by atoms with Crippen molar-refractivity contribution in [3.8, 4) is 0 Å². The molecule has 0 radical (unpaired) electrons. The standard InChI is InChI=1S/C8H5ClF3.BrH.Mg/c1-5-4-6(8(10,11)12)2-3-7(5)9;;/h2-4H,1H2;1H;/q-1;;+2/p-1. The Balaban J connectivity index is 0. The molecule has 0 unspecified atom stereocenters. The molecule has 0 heterocycles. The smallest absolute Gasteiger partial charge is 1.00 e. The fourth-order valence-electron chi connectivity index (χ4n) is 0.751. The van der Waals surface area contributed by atoms with Gasteiger partial charge in [-0.1, -0.05) is 17.2 Å². The van der Waals surface area contributed by atoms with E-state index in [9.17, 15) is 13.2 Å². The summed E-state index contributed by atoms with van der Waals surface area (Å²) < 4.78 is 36.1. The van der Waals surface area contributed by atoms with E-state index >= 15 is 0 Å². The van der Waals surface area contributed by atoms with Gasteiger partial charge in [-0.15, -0.1) is 6.07 Å². The second kappa shape index (κ2) is 6.10. The van der Waals surface area contributed by atoms with Gasteiger partial charge in [0.2, 0.25) is 0 Å².